The van der Waals surface area contributed by atoms with Crippen LogP contribution in [0, 0.1) is 11.8 Å². The van der Waals surface area contributed by atoms with Gasteiger partial charge in [-0.2, -0.15) is 0 Å². The maximum atomic E-state index is 12.0. The lowest BCUT2D eigenvalue weighted by Crippen LogP contribution is -2.46. The highest BCUT2D eigenvalue weighted by atomic mass is 16.5. The van der Waals surface area contributed by atoms with Gasteiger partial charge in [0.1, 0.15) is 6.04 Å². The minimum absolute atomic E-state index is 0.250. The number of carbonyl (C=O) groups excluding carboxylic acids is 2. The average molecular weight is 271 g/mol. The molecule has 1 aliphatic rings. The van der Waals surface area contributed by atoms with Gasteiger partial charge in [0, 0.05) is 0 Å². The molecule has 0 aromatic heterocycles. The summed E-state index contributed by atoms with van der Waals surface area (Å²) in [6.07, 6.45) is 2.74. The summed E-state index contributed by atoms with van der Waals surface area (Å²) in [4.78, 5) is 34.6. The molecule has 0 radical (unpaired) electrons. The van der Waals surface area contributed by atoms with Gasteiger partial charge < -0.3 is 15.2 Å². The lowest BCUT2D eigenvalue weighted by molar-refractivity contribution is -0.150. The monoisotopic (exact) mass is 271 g/mol. The van der Waals surface area contributed by atoms with Gasteiger partial charge in [0.05, 0.1) is 18.4 Å². The third-order valence-corrected chi connectivity index (χ3v) is 3.42. The molecule has 6 heteroatoms. The van der Waals surface area contributed by atoms with Crippen LogP contribution in [0.4, 0.5) is 0 Å². The van der Waals surface area contributed by atoms with Crippen molar-refractivity contribution in [2.24, 2.45) is 11.8 Å². The van der Waals surface area contributed by atoms with Crippen LogP contribution >= 0.6 is 0 Å². The number of hydrogen-bond acceptors (Lipinski definition) is 4. The summed E-state index contributed by atoms with van der Waals surface area (Å²) >= 11 is 0. The molecule has 0 bridgehead atoms. The first-order chi connectivity index (χ1) is 8.97. The number of carboxylic acids is 1. The molecule has 2 N–H and O–H groups in total. The molecule has 1 aliphatic carbocycles. The second-order valence-corrected chi connectivity index (χ2v) is 4.82. The van der Waals surface area contributed by atoms with Crippen LogP contribution in [0.25, 0.3) is 0 Å². The molecule has 0 saturated heterocycles. The van der Waals surface area contributed by atoms with E-state index in [1.807, 2.05) is 0 Å². The second kappa shape index (κ2) is 7.11. The molecule has 3 atom stereocenters. The fourth-order valence-corrected chi connectivity index (χ4v) is 2.39. The molecule has 1 saturated carbocycles. The minimum atomic E-state index is -0.941. The van der Waals surface area contributed by atoms with E-state index in [-0.39, 0.29) is 12.5 Å². The van der Waals surface area contributed by atoms with E-state index in [1.54, 1.807) is 6.92 Å². The van der Waals surface area contributed by atoms with Crippen molar-refractivity contribution in [3.8, 4) is 0 Å². The Balaban J connectivity index is 2.60. The standard InChI is InChI=1S/C13H21NO5/c1-3-19-13(18)8(2)14-11(15)9-6-4-5-7-10(9)12(16)17/h8-10H,3-7H2,1-2H3,(H,14,15)(H,16,17)/t8?,9-,10+/m1/s1. The third-order valence-electron chi connectivity index (χ3n) is 3.42. The maximum absolute atomic E-state index is 12.0. The van der Waals surface area contributed by atoms with Crippen LogP contribution in [-0.2, 0) is 19.1 Å². The molecule has 0 heterocycles. The lowest BCUT2D eigenvalue weighted by atomic mass is 9.78. The SMILES string of the molecule is CCOC(=O)C(C)NC(=O)[C@@H]1CCCC[C@@H]1C(=O)O. The Morgan fingerprint density at radius 3 is 2.37 bits per heavy atom. The highest BCUT2D eigenvalue weighted by molar-refractivity contribution is 5.88. The van der Waals surface area contributed by atoms with Crippen LogP contribution in [0.3, 0.4) is 0 Å². The number of rotatable bonds is 5. The molecule has 108 valence electrons. The van der Waals surface area contributed by atoms with Gasteiger partial charge in [-0.3, -0.25) is 9.59 Å². The van der Waals surface area contributed by atoms with Crippen LogP contribution in [-0.4, -0.2) is 35.6 Å². The molecule has 19 heavy (non-hydrogen) atoms. The van der Waals surface area contributed by atoms with E-state index in [1.165, 1.54) is 6.92 Å². The Bertz CT molecular complexity index is 355. The number of ether oxygens (including phenoxy) is 1. The van der Waals surface area contributed by atoms with E-state index in [2.05, 4.69) is 5.32 Å². The van der Waals surface area contributed by atoms with Crippen molar-refractivity contribution in [2.75, 3.05) is 6.61 Å². The lowest BCUT2D eigenvalue weighted by Gasteiger charge is -2.28. The summed E-state index contributed by atoms with van der Waals surface area (Å²) in [6, 6.07) is -0.746. The molecule has 0 aromatic carbocycles. The number of nitrogens with one attached hydrogen (secondary N) is 1. The van der Waals surface area contributed by atoms with Gasteiger partial charge in [0.2, 0.25) is 5.91 Å². The molecule has 0 spiro atoms. The third kappa shape index (κ3) is 4.22. The summed E-state index contributed by atoms with van der Waals surface area (Å²) < 4.78 is 4.80. The summed E-state index contributed by atoms with van der Waals surface area (Å²) in [6.45, 7) is 3.47. The first kappa shape index (κ1) is 15.5. The number of carboxylic acid groups (broad SMARTS) is 1. The zero-order valence-electron chi connectivity index (χ0n) is 11.3. The Hall–Kier alpha value is -1.59. The van der Waals surface area contributed by atoms with E-state index in [0.29, 0.717) is 12.8 Å². The fourth-order valence-electron chi connectivity index (χ4n) is 2.39. The van der Waals surface area contributed by atoms with Crippen molar-refractivity contribution in [3.05, 3.63) is 0 Å². The number of aliphatic carboxylic acids is 1. The van der Waals surface area contributed by atoms with Crippen LogP contribution in [0.5, 0.6) is 0 Å². The van der Waals surface area contributed by atoms with Gasteiger partial charge in [-0.05, 0) is 26.7 Å². The fraction of sp³-hybridized carbons (Fsp3) is 0.769. The maximum Gasteiger partial charge on any atom is 0.328 e. The summed E-state index contributed by atoms with van der Waals surface area (Å²) in [5.41, 5.74) is 0. The van der Waals surface area contributed by atoms with Crippen molar-refractivity contribution in [3.63, 3.8) is 0 Å². The van der Waals surface area contributed by atoms with E-state index in [0.717, 1.165) is 12.8 Å². The number of amides is 1. The molecule has 0 aliphatic heterocycles. The van der Waals surface area contributed by atoms with Gasteiger partial charge in [-0.1, -0.05) is 12.8 Å². The Kier molecular flexibility index (Phi) is 5.79. The highest BCUT2D eigenvalue weighted by Gasteiger charge is 2.36. The molecule has 1 unspecified atom stereocenters. The second-order valence-electron chi connectivity index (χ2n) is 4.82. The predicted octanol–water partition coefficient (Wildman–Crippen LogP) is 0.945. The van der Waals surface area contributed by atoms with E-state index in [4.69, 9.17) is 9.84 Å². The molecule has 6 nitrogen and oxygen atoms in total. The van der Waals surface area contributed by atoms with Crippen LogP contribution < -0.4 is 5.32 Å². The highest BCUT2D eigenvalue weighted by Crippen LogP contribution is 2.30. The normalized spacial score (nSPS) is 24.3. The van der Waals surface area contributed by atoms with Crippen molar-refractivity contribution in [1.29, 1.82) is 0 Å². The van der Waals surface area contributed by atoms with Crippen molar-refractivity contribution < 1.29 is 24.2 Å². The summed E-state index contributed by atoms with van der Waals surface area (Å²) in [7, 11) is 0. The van der Waals surface area contributed by atoms with Gasteiger partial charge in [-0.15, -0.1) is 0 Å². The molecule has 1 fully saturated rings. The van der Waals surface area contributed by atoms with Crippen LogP contribution in [0.1, 0.15) is 39.5 Å². The molecular formula is C13H21NO5. The topological polar surface area (TPSA) is 92.7 Å². The van der Waals surface area contributed by atoms with Crippen molar-refractivity contribution in [2.45, 2.75) is 45.6 Å². The number of carbonyl (C=O) groups is 3. The van der Waals surface area contributed by atoms with Gasteiger partial charge in [-0.25, -0.2) is 4.79 Å². The van der Waals surface area contributed by atoms with E-state index in [9.17, 15) is 14.4 Å². The zero-order valence-corrected chi connectivity index (χ0v) is 11.3. The quantitative estimate of drug-likeness (QED) is 0.726. The van der Waals surface area contributed by atoms with E-state index < -0.39 is 29.8 Å². The average Bonchev–Trinajstić information content (AvgIpc) is 2.38. The zero-order chi connectivity index (χ0) is 14.4. The van der Waals surface area contributed by atoms with E-state index >= 15 is 0 Å². The summed E-state index contributed by atoms with van der Waals surface area (Å²) in [5, 5.41) is 11.7. The molecular weight excluding hydrogens is 250 g/mol. The Morgan fingerprint density at radius 2 is 1.84 bits per heavy atom. The van der Waals surface area contributed by atoms with Crippen molar-refractivity contribution in [1.82, 2.24) is 5.32 Å². The van der Waals surface area contributed by atoms with Crippen LogP contribution in [0.15, 0.2) is 0 Å². The number of hydrogen-bond donors (Lipinski definition) is 2. The molecule has 1 rings (SSSR count). The van der Waals surface area contributed by atoms with Gasteiger partial charge >= 0.3 is 11.9 Å². The minimum Gasteiger partial charge on any atom is -0.481 e. The Labute approximate surface area is 112 Å². The van der Waals surface area contributed by atoms with Gasteiger partial charge in [0.25, 0.3) is 0 Å². The largest absolute Gasteiger partial charge is 0.481 e. The Morgan fingerprint density at radius 1 is 1.26 bits per heavy atom. The first-order valence-electron chi connectivity index (χ1n) is 6.67. The molecule has 0 aromatic rings. The van der Waals surface area contributed by atoms with Crippen LogP contribution in [0.2, 0.25) is 0 Å². The number of esters is 1. The van der Waals surface area contributed by atoms with Gasteiger partial charge in [0.15, 0.2) is 0 Å². The smallest absolute Gasteiger partial charge is 0.328 e. The molecule has 1 amide bonds. The first-order valence-corrected chi connectivity index (χ1v) is 6.67. The summed E-state index contributed by atoms with van der Waals surface area (Å²) in [5.74, 6) is -3.01. The van der Waals surface area contributed by atoms with Crippen molar-refractivity contribution >= 4 is 17.8 Å². The predicted molar refractivity (Wildman–Crippen MR) is 67.3 cm³/mol.